The molecule has 0 atom stereocenters. The van der Waals surface area contributed by atoms with Gasteiger partial charge in [-0.05, 0) is 0 Å². The third kappa shape index (κ3) is 10.2. The van der Waals surface area contributed by atoms with E-state index in [1.165, 1.54) is 38.5 Å². The number of rotatable bonds is 14. The van der Waals surface area contributed by atoms with Gasteiger partial charge < -0.3 is 0 Å². The average molecular weight is 390 g/mol. The Morgan fingerprint density at radius 2 is 1.40 bits per heavy atom. The summed E-state index contributed by atoms with van der Waals surface area (Å²) >= 11 is -2.02. The van der Waals surface area contributed by atoms with E-state index in [1.54, 1.807) is 13.3 Å². The quantitative estimate of drug-likeness (QED) is 0.219. The Bertz CT molecular complexity index is 209. The topological polar surface area (TPSA) is 21.6 Å². The van der Waals surface area contributed by atoms with E-state index in [1.807, 2.05) is 13.1 Å². The number of hydrogen-bond donors (Lipinski definition) is 0. The molecule has 0 rings (SSSR count). The molecule has 0 amide bonds. The summed E-state index contributed by atoms with van der Waals surface area (Å²) in [5, 5.41) is 0. The van der Waals surface area contributed by atoms with Crippen molar-refractivity contribution in [2.24, 2.45) is 4.99 Å². The molecule has 0 aromatic carbocycles. The molecule has 0 aromatic heterocycles. The van der Waals surface area contributed by atoms with E-state index in [4.69, 9.17) is 4.74 Å². The first-order valence-electron chi connectivity index (χ1n) is 8.76. The second kappa shape index (κ2) is 14.4. The van der Waals surface area contributed by atoms with Crippen LogP contribution in [0.3, 0.4) is 0 Å². The van der Waals surface area contributed by atoms with Crippen LogP contribution >= 0.6 is 0 Å². The number of nitrogens with zero attached hydrogens (tertiary/aromatic N) is 1. The predicted octanol–water partition coefficient (Wildman–Crippen LogP) is 5.48. The molecule has 3 heteroatoms. The molecule has 0 radical (unpaired) electrons. The van der Waals surface area contributed by atoms with Gasteiger partial charge >= 0.3 is 132 Å². The average Bonchev–Trinajstić information content (AvgIpc) is 2.48. The number of unbranched alkanes of at least 4 members (excludes halogenated alkanes) is 3. The second-order valence-corrected chi connectivity index (χ2v) is 19.7. The van der Waals surface area contributed by atoms with Gasteiger partial charge in [-0.1, -0.05) is 0 Å². The molecular formula is C17H37NOSn. The maximum absolute atomic E-state index is 6.07. The fourth-order valence-corrected chi connectivity index (χ4v) is 17.3. The molecule has 0 aromatic rings. The zero-order chi connectivity index (χ0) is 15.1. The first-order valence-corrected chi connectivity index (χ1v) is 16.8. The van der Waals surface area contributed by atoms with Crippen LogP contribution in [0.2, 0.25) is 13.3 Å². The minimum atomic E-state index is -2.02. The Balaban J connectivity index is 4.41. The number of hydrogen-bond acceptors (Lipinski definition) is 2. The fourth-order valence-electron chi connectivity index (χ4n) is 2.78. The molecule has 0 saturated carbocycles. The fraction of sp³-hybridized carbons (Fsp3) is 0.941. The van der Waals surface area contributed by atoms with Gasteiger partial charge in [0.2, 0.25) is 0 Å². The van der Waals surface area contributed by atoms with Gasteiger partial charge in [0.05, 0.1) is 0 Å². The molecule has 0 spiro atoms. The maximum atomic E-state index is 6.07. The summed E-state index contributed by atoms with van der Waals surface area (Å²) in [5.74, 6) is 0. The molecule has 0 bridgehead atoms. The van der Waals surface area contributed by atoms with Gasteiger partial charge in [-0.3, -0.25) is 0 Å². The second-order valence-electron chi connectivity index (χ2n) is 6.03. The van der Waals surface area contributed by atoms with Gasteiger partial charge in [-0.15, -0.1) is 0 Å². The SMILES string of the molecule is CC=NCCO[CH2][Sn]([CH2]CCC)([CH2]CCC)[CH2]CCC. The molecule has 0 aliphatic rings. The summed E-state index contributed by atoms with van der Waals surface area (Å²) in [6, 6.07) is 0. The van der Waals surface area contributed by atoms with Crippen LogP contribution in [0.5, 0.6) is 0 Å². The van der Waals surface area contributed by atoms with Crippen LogP contribution in [0.15, 0.2) is 4.99 Å². The zero-order valence-corrected chi connectivity index (χ0v) is 17.3. The normalized spacial score (nSPS) is 12.4. The van der Waals surface area contributed by atoms with E-state index in [-0.39, 0.29) is 0 Å². The van der Waals surface area contributed by atoms with Crippen molar-refractivity contribution in [1.82, 2.24) is 0 Å². The van der Waals surface area contributed by atoms with Crippen molar-refractivity contribution in [3.8, 4) is 0 Å². The van der Waals surface area contributed by atoms with Crippen LogP contribution < -0.4 is 0 Å². The summed E-state index contributed by atoms with van der Waals surface area (Å²) in [6.45, 7) is 10.6. The molecular weight excluding hydrogens is 353 g/mol. The Morgan fingerprint density at radius 1 is 0.900 bits per heavy atom. The Morgan fingerprint density at radius 3 is 1.80 bits per heavy atom. The van der Waals surface area contributed by atoms with Crippen LogP contribution in [0.25, 0.3) is 0 Å². The summed E-state index contributed by atoms with van der Waals surface area (Å²) in [7, 11) is 0. The standard InChI is InChI=1S/C5H10NO.3C4H9.Sn/c1-3-6-4-5-7-2;3*1-3-4-2;/h3H,2,4-5H2,1H3;3*1,3-4H2,2H3;. The van der Waals surface area contributed by atoms with Crippen molar-refractivity contribution >= 4 is 24.6 Å². The molecule has 0 N–H and O–H groups in total. The first kappa shape index (κ1) is 20.4. The van der Waals surface area contributed by atoms with Crippen molar-refractivity contribution in [1.29, 1.82) is 0 Å². The van der Waals surface area contributed by atoms with Gasteiger partial charge in [-0.2, -0.15) is 0 Å². The summed E-state index contributed by atoms with van der Waals surface area (Å²) in [6.07, 6.45) is 10.2. The monoisotopic (exact) mass is 391 g/mol. The molecule has 20 heavy (non-hydrogen) atoms. The molecule has 0 aliphatic heterocycles. The van der Waals surface area contributed by atoms with Crippen molar-refractivity contribution in [2.75, 3.05) is 17.8 Å². The molecule has 0 fully saturated rings. The minimum absolute atomic E-state index is 0.827. The van der Waals surface area contributed by atoms with E-state index in [2.05, 4.69) is 25.8 Å². The molecule has 0 unspecified atom stereocenters. The number of aliphatic imine (C=N–C) groups is 1. The van der Waals surface area contributed by atoms with Gasteiger partial charge in [0.15, 0.2) is 0 Å². The molecule has 0 heterocycles. The zero-order valence-electron chi connectivity index (χ0n) is 14.4. The van der Waals surface area contributed by atoms with Crippen LogP contribution in [-0.2, 0) is 4.74 Å². The van der Waals surface area contributed by atoms with Crippen molar-refractivity contribution in [3.63, 3.8) is 0 Å². The Labute approximate surface area is 131 Å². The van der Waals surface area contributed by atoms with Crippen molar-refractivity contribution < 1.29 is 4.74 Å². The third-order valence-electron chi connectivity index (χ3n) is 4.14. The van der Waals surface area contributed by atoms with Crippen LogP contribution in [0.1, 0.15) is 66.2 Å². The molecule has 0 saturated heterocycles. The first-order chi connectivity index (χ1) is 9.74. The van der Waals surface area contributed by atoms with E-state index in [0.29, 0.717) is 0 Å². The van der Waals surface area contributed by atoms with Gasteiger partial charge in [0.25, 0.3) is 0 Å². The molecule has 0 aliphatic carbocycles. The summed E-state index contributed by atoms with van der Waals surface area (Å²) in [4.78, 5) is 4.25. The Hall–Kier alpha value is 0.429. The predicted molar refractivity (Wildman–Crippen MR) is 94.8 cm³/mol. The van der Waals surface area contributed by atoms with Gasteiger partial charge in [-0.25, -0.2) is 0 Å². The van der Waals surface area contributed by atoms with Crippen molar-refractivity contribution in [2.45, 2.75) is 79.5 Å². The van der Waals surface area contributed by atoms with E-state index in [0.717, 1.165) is 17.8 Å². The van der Waals surface area contributed by atoms with Crippen LogP contribution in [-0.4, -0.2) is 42.4 Å². The summed E-state index contributed by atoms with van der Waals surface area (Å²) in [5.41, 5.74) is 0. The summed E-state index contributed by atoms with van der Waals surface area (Å²) < 4.78 is 11.9. The molecule has 2 nitrogen and oxygen atoms in total. The van der Waals surface area contributed by atoms with E-state index < -0.39 is 18.4 Å². The van der Waals surface area contributed by atoms with Crippen LogP contribution in [0.4, 0.5) is 0 Å². The van der Waals surface area contributed by atoms with Gasteiger partial charge in [0, 0.05) is 0 Å². The number of ether oxygens (including phenoxy) is 1. The van der Waals surface area contributed by atoms with E-state index >= 15 is 0 Å². The van der Waals surface area contributed by atoms with Crippen molar-refractivity contribution in [3.05, 3.63) is 0 Å². The molecule has 120 valence electrons. The third-order valence-corrected chi connectivity index (χ3v) is 18.6. The van der Waals surface area contributed by atoms with Gasteiger partial charge in [0.1, 0.15) is 0 Å². The van der Waals surface area contributed by atoms with Crippen LogP contribution in [0, 0.1) is 0 Å². The Kier molecular flexibility index (Phi) is 14.7. The van der Waals surface area contributed by atoms with E-state index in [9.17, 15) is 0 Å².